The molecule has 0 saturated heterocycles. The highest BCUT2D eigenvalue weighted by molar-refractivity contribution is 5.99. The van der Waals surface area contributed by atoms with Crippen LogP contribution in [0.2, 0.25) is 0 Å². The number of para-hydroxylation sites is 1. The van der Waals surface area contributed by atoms with Crippen LogP contribution in [0, 0.1) is 0 Å². The van der Waals surface area contributed by atoms with Gasteiger partial charge in [-0.2, -0.15) is 0 Å². The van der Waals surface area contributed by atoms with Crippen molar-refractivity contribution in [1.29, 1.82) is 0 Å². The Morgan fingerprint density at radius 3 is 2.74 bits per heavy atom. The Bertz CT molecular complexity index is 450. The van der Waals surface area contributed by atoms with Crippen molar-refractivity contribution < 1.29 is 9.90 Å². The topological polar surface area (TPSA) is 78.6 Å². The lowest BCUT2D eigenvalue weighted by Crippen LogP contribution is -2.46. The van der Waals surface area contributed by atoms with E-state index in [1.54, 1.807) is 30.1 Å². The number of nitrogens with two attached hydrogens (primary N) is 1. The van der Waals surface area contributed by atoms with E-state index in [1.807, 2.05) is 6.07 Å². The second-order valence-corrected chi connectivity index (χ2v) is 5.03. The first-order valence-corrected chi connectivity index (χ1v) is 6.66. The van der Waals surface area contributed by atoms with E-state index in [1.165, 1.54) is 0 Å². The number of rotatable bonds is 3. The normalized spacial score (nSPS) is 22.9. The number of benzene rings is 1. The van der Waals surface area contributed by atoms with Gasteiger partial charge in [-0.25, -0.2) is 0 Å². The summed E-state index contributed by atoms with van der Waals surface area (Å²) in [5, 5.41) is 10.0. The number of aliphatic hydroxyl groups excluding tert-OH is 1. The van der Waals surface area contributed by atoms with E-state index in [0.29, 0.717) is 11.3 Å². The molecule has 5 heteroatoms. The van der Waals surface area contributed by atoms with Gasteiger partial charge in [0.2, 0.25) is 0 Å². The fourth-order valence-electron chi connectivity index (χ4n) is 2.68. The molecule has 1 amide bonds. The van der Waals surface area contributed by atoms with Gasteiger partial charge < -0.3 is 15.4 Å². The van der Waals surface area contributed by atoms with Crippen molar-refractivity contribution in [3.8, 4) is 0 Å². The smallest absolute Gasteiger partial charge is 0.256 e. The summed E-state index contributed by atoms with van der Waals surface area (Å²) in [5.41, 5.74) is 3.67. The third-order valence-corrected chi connectivity index (χ3v) is 3.82. The van der Waals surface area contributed by atoms with Gasteiger partial charge in [0, 0.05) is 7.05 Å². The van der Waals surface area contributed by atoms with Crippen LogP contribution in [-0.2, 0) is 0 Å². The molecule has 1 saturated carbocycles. The molecule has 0 aromatic heterocycles. The molecule has 1 fully saturated rings. The van der Waals surface area contributed by atoms with Gasteiger partial charge in [0.15, 0.2) is 0 Å². The SMILES string of the molecule is CN(C(=O)c1ccccc1NN)C1CCCCC1O. The van der Waals surface area contributed by atoms with Crippen molar-refractivity contribution in [2.24, 2.45) is 5.84 Å². The summed E-state index contributed by atoms with van der Waals surface area (Å²) >= 11 is 0. The second kappa shape index (κ2) is 6.04. The molecule has 4 N–H and O–H groups in total. The molecule has 2 rings (SSSR count). The Morgan fingerprint density at radius 2 is 2.05 bits per heavy atom. The second-order valence-electron chi connectivity index (χ2n) is 5.03. The van der Waals surface area contributed by atoms with Crippen molar-refractivity contribution in [2.75, 3.05) is 12.5 Å². The Morgan fingerprint density at radius 1 is 1.37 bits per heavy atom. The molecule has 5 nitrogen and oxygen atoms in total. The molecule has 2 atom stereocenters. The number of nitrogens with zero attached hydrogens (tertiary/aromatic N) is 1. The lowest BCUT2D eigenvalue weighted by Gasteiger charge is -2.35. The van der Waals surface area contributed by atoms with Crippen LogP contribution in [0.5, 0.6) is 0 Å². The van der Waals surface area contributed by atoms with Crippen molar-refractivity contribution in [3.63, 3.8) is 0 Å². The van der Waals surface area contributed by atoms with Crippen LogP contribution in [-0.4, -0.2) is 35.1 Å². The molecule has 0 bridgehead atoms. The summed E-state index contributed by atoms with van der Waals surface area (Å²) in [4.78, 5) is 14.1. The molecule has 0 radical (unpaired) electrons. The van der Waals surface area contributed by atoms with Crippen LogP contribution in [0.3, 0.4) is 0 Å². The molecule has 19 heavy (non-hydrogen) atoms. The van der Waals surface area contributed by atoms with Gasteiger partial charge in [-0.15, -0.1) is 0 Å². The number of nitrogens with one attached hydrogen (secondary N) is 1. The number of aliphatic hydroxyl groups is 1. The quantitative estimate of drug-likeness (QED) is 0.568. The van der Waals surface area contributed by atoms with E-state index in [2.05, 4.69) is 5.43 Å². The van der Waals surface area contributed by atoms with Gasteiger partial charge in [-0.05, 0) is 25.0 Å². The fourth-order valence-corrected chi connectivity index (χ4v) is 2.68. The predicted octanol–water partition coefficient (Wildman–Crippen LogP) is 1.35. The molecular formula is C14H21N3O2. The zero-order valence-corrected chi connectivity index (χ0v) is 11.2. The number of nitrogen functional groups attached to an aromatic ring is 1. The maximum absolute atomic E-state index is 12.5. The van der Waals surface area contributed by atoms with Gasteiger partial charge in [0.05, 0.1) is 23.4 Å². The van der Waals surface area contributed by atoms with E-state index >= 15 is 0 Å². The minimum Gasteiger partial charge on any atom is -0.391 e. The molecule has 104 valence electrons. The van der Waals surface area contributed by atoms with E-state index in [0.717, 1.165) is 25.7 Å². The van der Waals surface area contributed by atoms with Gasteiger partial charge in [0.25, 0.3) is 5.91 Å². The molecule has 0 spiro atoms. The lowest BCUT2D eigenvalue weighted by molar-refractivity contribution is 0.0268. The first kappa shape index (κ1) is 13.8. The van der Waals surface area contributed by atoms with E-state index in [-0.39, 0.29) is 11.9 Å². The standard InChI is InChI=1S/C14H21N3O2/c1-17(12-8-4-5-9-13(12)18)14(19)10-6-2-3-7-11(10)16-15/h2-3,6-7,12-13,16,18H,4-5,8-9,15H2,1H3. The predicted molar refractivity (Wildman–Crippen MR) is 74.6 cm³/mol. The number of likely N-dealkylation sites (N-methyl/N-ethyl adjacent to an activating group) is 1. The Labute approximate surface area is 113 Å². The zero-order valence-electron chi connectivity index (χ0n) is 11.2. The fraction of sp³-hybridized carbons (Fsp3) is 0.500. The number of carbonyl (C=O) groups excluding carboxylic acids is 1. The third-order valence-electron chi connectivity index (χ3n) is 3.82. The molecule has 1 aromatic carbocycles. The van der Waals surface area contributed by atoms with Crippen molar-refractivity contribution in [1.82, 2.24) is 4.90 Å². The maximum Gasteiger partial charge on any atom is 0.256 e. The Kier molecular flexibility index (Phi) is 4.39. The van der Waals surface area contributed by atoms with E-state index in [4.69, 9.17) is 5.84 Å². The number of hydrogen-bond donors (Lipinski definition) is 3. The Balaban J connectivity index is 2.18. The minimum atomic E-state index is -0.430. The zero-order chi connectivity index (χ0) is 13.8. The summed E-state index contributed by atoms with van der Waals surface area (Å²) < 4.78 is 0. The minimum absolute atomic E-state index is 0.105. The first-order valence-electron chi connectivity index (χ1n) is 6.66. The van der Waals surface area contributed by atoms with Gasteiger partial charge in [0.1, 0.15) is 0 Å². The molecule has 1 aliphatic rings. The molecule has 1 aromatic rings. The van der Waals surface area contributed by atoms with Crippen molar-refractivity contribution in [3.05, 3.63) is 29.8 Å². The van der Waals surface area contributed by atoms with Crippen LogP contribution in [0.4, 0.5) is 5.69 Å². The molecule has 1 aliphatic carbocycles. The van der Waals surface area contributed by atoms with Gasteiger partial charge >= 0.3 is 0 Å². The summed E-state index contributed by atoms with van der Waals surface area (Å²) in [7, 11) is 1.74. The average molecular weight is 263 g/mol. The van der Waals surface area contributed by atoms with Crippen molar-refractivity contribution >= 4 is 11.6 Å². The van der Waals surface area contributed by atoms with Crippen LogP contribution < -0.4 is 11.3 Å². The van der Waals surface area contributed by atoms with Crippen LogP contribution in [0.15, 0.2) is 24.3 Å². The Hall–Kier alpha value is -1.59. The highest BCUT2D eigenvalue weighted by atomic mass is 16.3. The summed E-state index contributed by atoms with van der Waals surface area (Å²) in [6, 6.07) is 7.02. The summed E-state index contributed by atoms with van der Waals surface area (Å²) in [6.07, 6.45) is 3.26. The van der Waals surface area contributed by atoms with Crippen LogP contribution >= 0.6 is 0 Å². The highest BCUT2D eigenvalue weighted by Crippen LogP contribution is 2.25. The van der Waals surface area contributed by atoms with E-state index in [9.17, 15) is 9.90 Å². The molecule has 0 heterocycles. The van der Waals surface area contributed by atoms with Gasteiger partial charge in [-0.1, -0.05) is 25.0 Å². The summed E-state index contributed by atoms with van der Waals surface area (Å²) in [6.45, 7) is 0. The number of hydrazine groups is 1. The number of hydrogen-bond acceptors (Lipinski definition) is 4. The first-order chi connectivity index (χ1) is 9.15. The van der Waals surface area contributed by atoms with Gasteiger partial charge in [-0.3, -0.25) is 10.6 Å². The largest absolute Gasteiger partial charge is 0.391 e. The third kappa shape index (κ3) is 2.88. The maximum atomic E-state index is 12.5. The number of amides is 1. The highest BCUT2D eigenvalue weighted by Gasteiger charge is 2.30. The monoisotopic (exact) mass is 263 g/mol. The number of carbonyl (C=O) groups is 1. The van der Waals surface area contributed by atoms with Crippen LogP contribution in [0.25, 0.3) is 0 Å². The molecule has 2 unspecified atom stereocenters. The van der Waals surface area contributed by atoms with E-state index < -0.39 is 6.10 Å². The van der Waals surface area contributed by atoms with Crippen LogP contribution in [0.1, 0.15) is 36.0 Å². The average Bonchev–Trinajstić information content (AvgIpc) is 2.46. The number of anilines is 1. The lowest BCUT2D eigenvalue weighted by atomic mass is 9.91. The summed E-state index contributed by atoms with van der Waals surface area (Å²) in [5.74, 6) is 5.31. The molecular weight excluding hydrogens is 242 g/mol. The molecule has 0 aliphatic heterocycles. The van der Waals surface area contributed by atoms with Crippen molar-refractivity contribution in [2.45, 2.75) is 37.8 Å².